The summed E-state index contributed by atoms with van der Waals surface area (Å²) in [5.41, 5.74) is 0. The molecule has 70 valence electrons. The molecule has 0 radical (unpaired) electrons. The van der Waals surface area contributed by atoms with Crippen LogP contribution in [0.25, 0.3) is 0 Å². The van der Waals surface area contributed by atoms with E-state index in [9.17, 15) is 0 Å². The molecule has 0 spiro atoms. The molecule has 0 saturated heterocycles. The highest BCUT2D eigenvalue weighted by Crippen LogP contribution is 2.44. The van der Waals surface area contributed by atoms with E-state index in [1.54, 1.807) is 0 Å². The lowest BCUT2D eigenvalue weighted by Crippen LogP contribution is -2.12. The normalized spacial score (nSPS) is 37.7. The highest BCUT2D eigenvalue weighted by Gasteiger charge is 2.52. The topological polar surface area (TPSA) is 119 Å². The van der Waals surface area contributed by atoms with Crippen LogP contribution < -0.4 is 0 Å². The Balaban J connectivity index is 3.22. The van der Waals surface area contributed by atoms with Gasteiger partial charge in [0.2, 0.25) is 0 Å². The molecule has 0 aliphatic heterocycles. The van der Waals surface area contributed by atoms with Crippen LogP contribution in [0.2, 0.25) is 0 Å². The fourth-order valence-corrected chi connectivity index (χ4v) is 1.92. The maximum absolute atomic E-state index is 8.82. The first-order valence-corrected chi connectivity index (χ1v) is 4.23. The summed E-state index contributed by atoms with van der Waals surface area (Å²) >= 11 is 0. The molecule has 5 nitrogen and oxygen atoms in total. The monoisotopic (exact) mass is 195 g/mol. The fourth-order valence-electron chi connectivity index (χ4n) is 1.92. The summed E-state index contributed by atoms with van der Waals surface area (Å²) in [4.78, 5) is 0. The zero-order valence-electron chi connectivity index (χ0n) is 7.62. The predicted molar refractivity (Wildman–Crippen MR) is 45.5 cm³/mol. The summed E-state index contributed by atoms with van der Waals surface area (Å²) in [6.45, 7) is 0. The number of rotatable bonds is 0. The van der Waals surface area contributed by atoms with Gasteiger partial charge >= 0.3 is 0 Å². The standard InChI is InChI=1S/C10H5N5/c11-1-6-7(2-12)9(4-14)10(5-15)8(6)3-13/h6-10H. The van der Waals surface area contributed by atoms with Gasteiger partial charge in [-0.2, -0.15) is 26.3 Å². The van der Waals surface area contributed by atoms with Crippen LogP contribution in [0.3, 0.4) is 0 Å². The quantitative estimate of drug-likeness (QED) is 0.563. The lowest BCUT2D eigenvalue weighted by molar-refractivity contribution is 0.496. The highest BCUT2D eigenvalue weighted by atomic mass is 14.5. The highest BCUT2D eigenvalue weighted by molar-refractivity contribution is 5.24. The second-order valence-electron chi connectivity index (χ2n) is 3.27. The molecule has 1 rings (SSSR count). The van der Waals surface area contributed by atoms with Crippen molar-refractivity contribution < 1.29 is 0 Å². The van der Waals surface area contributed by atoms with E-state index in [2.05, 4.69) is 0 Å². The molecular weight excluding hydrogens is 190 g/mol. The zero-order valence-corrected chi connectivity index (χ0v) is 7.62. The van der Waals surface area contributed by atoms with Gasteiger partial charge < -0.3 is 0 Å². The summed E-state index contributed by atoms with van der Waals surface area (Å²) in [7, 11) is 0. The molecule has 0 bridgehead atoms. The van der Waals surface area contributed by atoms with Gasteiger partial charge in [0.1, 0.15) is 0 Å². The van der Waals surface area contributed by atoms with Gasteiger partial charge in [0.25, 0.3) is 0 Å². The van der Waals surface area contributed by atoms with Gasteiger partial charge in [-0.25, -0.2) is 0 Å². The molecule has 15 heavy (non-hydrogen) atoms. The Morgan fingerprint density at radius 2 is 0.533 bits per heavy atom. The van der Waals surface area contributed by atoms with E-state index in [0.29, 0.717) is 0 Å². The molecule has 0 atom stereocenters. The summed E-state index contributed by atoms with van der Waals surface area (Å²) in [6, 6.07) is 9.24. The van der Waals surface area contributed by atoms with Crippen molar-refractivity contribution >= 4 is 0 Å². The third-order valence-corrected chi connectivity index (χ3v) is 2.68. The van der Waals surface area contributed by atoms with Crippen molar-refractivity contribution in [2.45, 2.75) is 0 Å². The van der Waals surface area contributed by atoms with Crippen molar-refractivity contribution in [3.8, 4) is 30.3 Å². The average molecular weight is 195 g/mol. The molecule has 0 unspecified atom stereocenters. The van der Waals surface area contributed by atoms with Crippen molar-refractivity contribution in [1.82, 2.24) is 0 Å². The second-order valence-corrected chi connectivity index (χ2v) is 3.27. The van der Waals surface area contributed by atoms with Crippen molar-refractivity contribution in [2.75, 3.05) is 0 Å². The Bertz CT molecular complexity index is 346. The molecule has 1 fully saturated rings. The van der Waals surface area contributed by atoms with E-state index in [-0.39, 0.29) is 0 Å². The van der Waals surface area contributed by atoms with Crippen LogP contribution in [0, 0.1) is 86.2 Å². The van der Waals surface area contributed by atoms with Gasteiger partial charge in [-0.1, -0.05) is 0 Å². The smallest absolute Gasteiger partial charge is 0.0806 e. The largest absolute Gasteiger partial charge is 0.198 e. The summed E-state index contributed by atoms with van der Waals surface area (Å²) in [5, 5.41) is 44.1. The lowest BCUT2D eigenvalue weighted by atomic mass is 9.90. The second kappa shape index (κ2) is 4.11. The number of hydrogen-bond acceptors (Lipinski definition) is 5. The van der Waals surface area contributed by atoms with Gasteiger partial charge in [0.05, 0.1) is 59.9 Å². The van der Waals surface area contributed by atoms with Crippen LogP contribution in [0.15, 0.2) is 0 Å². The molecule has 5 heteroatoms. The van der Waals surface area contributed by atoms with Gasteiger partial charge in [0.15, 0.2) is 0 Å². The van der Waals surface area contributed by atoms with Crippen LogP contribution in [-0.4, -0.2) is 0 Å². The zero-order chi connectivity index (χ0) is 11.4. The molecule has 0 amide bonds. The van der Waals surface area contributed by atoms with Crippen LogP contribution in [-0.2, 0) is 0 Å². The van der Waals surface area contributed by atoms with E-state index >= 15 is 0 Å². The minimum atomic E-state index is -0.839. The first kappa shape index (κ1) is 10.5. The van der Waals surface area contributed by atoms with Crippen LogP contribution >= 0.6 is 0 Å². The molecule has 1 saturated carbocycles. The van der Waals surface area contributed by atoms with Crippen molar-refractivity contribution in [3.05, 3.63) is 0 Å². The van der Waals surface area contributed by atoms with Gasteiger partial charge in [0, 0.05) is 0 Å². The van der Waals surface area contributed by atoms with Crippen LogP contribution in [0.5, 0.6) is 0 Å². The van der Waals surface area contributed by atoms with E-state index in [0.717, 1.165) is 0 Å². The maximum atomic E-state index is 8.82. The Labute approximate surface area is 87.0 Å². The van der Waals surface area contributed by atoms with Crippen molar-refractivity contribution in [1.29, 1.82) is 26.3 Å². The van der Waals surface area contributed by atoms with Gasteiger partial charge in [-0.05, 0) is 0 Å². The summed E-state index contributed by atoms with van der Waals surface area (Å²) in [5.74, 6) is -4.19. The Kier molecular flexibility index (Phi) is 2.88. The van der Waals surface area contributed by atoms with Crippen LogP contribution in [0.4, 0.5) is 0 Å². The van der Waals surface area contributed by atoms with E-state index in [4.69, 9.17) is 26.3 Å². The predicted octanol–water partition coefficient (Wildman–Crippen LogP) is 0.699. The van der Waals surface area contributed by atoms with Gasteiger partial charge in [-0.3, -0.25) is 0 Å². The maximum Gasteiger partial charge on any atom is 0.0806 e. The third-order valence-electron chi connectivity index (χ3n) is 2.68. The number of nitriles is 5. The third kappa shape index (κ3) is 1.36. The first-order chi connectivity index (χ1) is 7.24. The van der Waals surface area contributed by atoms with E-state index in [1.807, 2.05) is 30.3 Å². The minimum Gasteiger partial charge on any atom is -0.198 e. The molecule has 0 aromatic heterocycles. The molecule has 0 heterocycles. The Morgan fingerprint density at radius 1 is 0.400 bits per heavy atom. The van der Waals surface area contributed by atoms with Gasteiger partial charge in [-0.15, -0.1) is 0 Å². The fraction of sp³-hybridized carbons (Fsp3) is 0.500. The molecule has 1 aliphatic carbocycles. The Morgan fingerprint density at radius 3 is 0.600 bits per heavy atom. The molecule has 0 aromatic rings. The van der Waals surface area contributed by atoms with Crippen molar-refractivity contribution in [2.24, 2.45) is 29.6 Å². The lowest BCUT2D eigenvalue weighted by Gasteiger charge is -2.05. The minimum absolute atomic E-state index is 0.839. The SMILES string of the molecule is N#CC1C(C#N)C(C#N)C(C#N)C1C#N. The number of nitrogens with zero attached hydrogens (tertiary/aromatic N) is 5. The van der Waals surface area contributed by atoms with Crippen LogP contribution in [0.1, 0.15) is 0 Å². The molecular formula is C10H5N5. The summed E-state index contributed by atoms with van der Waals surface area (Å²) in [6.07, 6.45) is 0. The molecule has 0 N–H and O–H groups in total. The molecule has 0 aromatic carbocycles. The first-order valence-electron chi connectivity index (χ1n) is 4.23. The van der Waals surface area contributed by atoms with E-state index in [1.165, 1.54) is 0 Å². The number of hydrogen-bond donors (Lipinski definition) is 0. The van der Waals surface area contributed by atoms with E-state index < -0.39 is 29.6 Å². The Hall–Kier alpha value is -2.55. The van der Waals surface area contributed by atoms with Crippen molar-refractivity contribution in [3.63, 3.8) is 0 Å². The average Bonchev–Trinajstić information content (AvgIpc) is 2.59. The molecule has 1 aliphatic rings. The summed E-state index contributed by atoms with van der Waals surface area (Å²) < 4.78 is 0.